The summed E-state index contributed by atoms with van der Waals surface area (Å²) in [6.45, 7) is 0. The number of halogens is 1. The summed E-state index contributed by atoms with van der Waals surface area (Å²) in [5, 5.41) is 0.613. The third-order valence-electron chi connectivity index (χ3n) is 2.43. The zero-order valence-corrected chi connectivity index (χ0v) is 9.39. The van der Waals surface area contributed by atoms with Crippen LogP contribution in [-0.2, 0) is 0 Å². The highest BCUT2D eigenvalue weighted by atomic mass is 35.5. The Labute approximate surface area is 101 Å². The zero-order chi connectivity index (χ0) is 11.8. The molecule has 0 saturated carbocycles. The predicted molar refractivity (Wildman–Crippen MR) is 64.6 cm³/mol. The Hall–Kier alpha value is -2.07. The summed E-state index contributed by atoms with van der Waals surface area (Å²) in [7, 11) is 0. The fraction of sp³-hybridized carbons (Fsp3) is 0. The Morgan fingerprint density at radius 2 is 1.94 bits per heavy atom. The average molecular weight is 247 g/mol. The Morgan fingerprint density at radius 1 is 1.18 bits per heavy atom. The lowest BCUT2D eigenvalue weighted by atomic mass is 10.3. The number of nitrogens with zero attached hydrogens (tertiary/aromatic N) is 2. The van der Waals surface area contributed by atoms with E-state index >= 15 is 0 Å². The molecule has 0 radical (unpaired) electrons. The van der Waals surface area contributed by atoms with Crippen LogP contribution in [0.15, 0.2) is 51.8 Å². The molecule has 2 aromatic heterocycles. The standard InChI is InChI=1S/C12H7ClN2O2/c13-8-3-5-9(6-4-8)15-11-10(17-12(15)16)2-1-7-14-11/h1-7H. The molecule has 17 heavy (non-hydrogen) atoms. The van der Waals surface area contributed by atoms with E-state index in [9.17, 15) is 4.79 Å². The molecule has 4 nitrogen and oxygen atoms in total. The minimum atomic E-state index is -0.457. The number of hydrogen-bond acceptors (Lipinski definition) is 3. The Kier molecular flexibility index (Phi) is 2.23. The Morgan fingerprint density at radius 3 is 2.71 bits per heavy atom. The smallest absolute Gasteiger partial charge is 0.406 e. The van der Waals surface area contributed by atoms with Crippen LogP contribution in [0.4, 0.5) is 0 Å². The van der Waals surface area contributed by atoms with Gasteiger partial charge in [-0.05, 0) is 36.4 Å². The molecule has 0 aliphatic carbocycles. The van der Waals surface area contributed by atoms with Crippen LogP contribution in [-0.4, -0.2) is 9.55 Å². The molecule has 0 spiro atoms. The topological polar surface area (TPSA) is 48.0 Å². The van der Waals surface area contributed by atoms with Crippen molar-refractivity contribution in [2.45, 2.75) is 0 Å². The van der Waals surface area contributed by atoms with E-state index < -0.39 is 5.76 Å². The molecule has 5 heteroatoms. The van der Waals surface area contributed by atoms with Gasteiger partial charge in [0.1, 0.15) is 0 Å². The second-order valence-corrected chi connectivity index (χ2v) is 3.94. The normalized spacial score (nSPS) is 10.9. The van der Waals surface area contributed by atoms with Crippen LogP contribution in [0.25, 0.3) is 16.9 Å². The number of pyridine rings is 1. The number of aromatic nitrogens is 2. The lowest BCUT2D eigenvalue weighted by Crippen LogP contribution is -2.11. The average Bonchev–Trinajstić information content (AvgIpc) is 2.66. The summed E-state index contributed by atoms with van der Waals surface area (Å²) in [5.74, 6) is -0.457. The summed E-state index contributed by atoms with van der Waals surface area (Å²) in [5.41, 5.74) is 1.64. The van der Waals surface area contributed by atoms with Crippen molar-refractivity contribution < 1.29 is 4.42 Å². The Balaban J connectivity index is 2.33. The molecule has 3 aromatic rings. The van der Waals surface area contributed by atoms with Crippen LogP contribution in [0.3, 0.4) is 0 Å². The molecule has 84 valence electrons. The molecule has 0 N–H and O–H groups in total. The van der Waals surface area contributed by atoms with Gasteiger partial charge in [0.2, 0.25) is 0 Å². The van der Waals surface area contributed by atoms with E-state index in [1.54, 1.807) is 42.6 Å². The maximum atomic E-state index is 11.7. The number of fused-ring (bicyclic) bond motifs is 1. The molecule has 0 aliphatic heterocycles. The van der Waals surface area contributed by atoms with Gasteiger partial charge in [-0.25, -0.2) is 14.3 Å². The molecule has 1 aromatic carbocycles. The quantitative estimate of drug-likeness (QED) is 0.663. The molecule has 0 bridgehead atoms. The van der Waals surface area contributed by atoms with E-state index in [1.807, 2.05) is 0 Å². The summed E-state index contributed by atoms with van der Waals surface area (Å²) in [6.07, 6.45) is 1.61. The van der Waals surface area contributed by atoms with Crippen LogP contribution in [0.1, 0.15) is 0 Å². The van der Waals surface area contributed by atoms with Gasteiger partial charge in [-0.3, -0.25) is 0 Å². The maximum Gasteiger partial charge on any atom is 0.425 e. The highest BCUT2D eigenvalue weighted by Gasteiger charge is 2.11. The summed E-state index contributed by atoms with van der Waals surface area (Å²) in [6, 6.07) is 10.3. The van der Waals surface area contributed by atoms with Gasteiger partial charge in [0, 0.05) is 11.2 Å². The van der Waals surface area contributed by atoms with E-state index in [0.29, 0.717) is 21.9 Å². The first-order chi connectivity index (χ1) is 8.25. The van der Waals surface area contributed by atoms with Crippen molar-refractivity contribution in [3.63, 3.8) is 0 Å². The highest BCUT2D eigenvalue weighted by Crippen LogP contribution is 2.16. The number of oxazole rings is 1. The van der Waals surface area contributed by atoms with Crippen LogP contribution >= 0.6 is 11.6 Å². The van der Waals surface area contributed by atoms with Crippen LogP contribution < -0.4 is 5.76 Å². The molecule has 0 unspecified atom stereocenters. The minimum Gasteiger partial charge on any atom is -0.406 e. The molecule has 0 amide bonds. The van der Waals surface area contributed by atoms with Gasteiger partial charge in [-0.15, -0.1) is 0 Å². The van der Waals surface area contributed by atoms with Crippen molar-refractivity contribution >= 4 is 22.8 Å². The van der Waals surface area contributed by atoms with E-state index in [4.69, 9.17) is 16.0 Å². The lowest BCUT2D eigenvalue weighted by molar-refractivity contribution is 0.540. The molecule has 0 fully saturated rings. The van der Waals surface area contributed by atoms with Crippen molar-refractivity contribution in [3.8, 4) is 5.69 Å². The van der Waals surface area contributed by atoms with Gasteiger partial charge in [-0.1, -0.05) is 11.6 Å². The van der Waals surface area contributed by atoms with Gasteiger partial charge < -0.3 is 4.42 Å². The van der Waals surface area contributed by atoms with E-state index in [0.717, 1.165) is 0 Å². The second-order valence-electron chi connectivity index (χ2n) is 3.50. The van der Waals surface area contributed by atoms with Gasteiger partial charge >= 0.3 is 5.76 Å². The monoisotopic (exact) mass is 246 g/mol. The minimum absolute atomic E-state index is 0.457. The molecular formula is C12H7ClN2O2. The van der Waals surface area contributed by atoms with Gasteiger partial charge in [-0.2, -0.15) is 0 Å². The van der Waals surface area contributed by atoms with Crippen LogP contribution in [0, 0.1) is 0 Å². The van der Waals surface area contributed by atoms with E-state index in [1.165, 1.54) is 4.57 Å². The van der Waals surface area contributed by atoms with Crippen molar-refractivity contribution in [1.82, 2.24) is 9.55 Å². The zero-order valence-electron chi connectivity index (χ0n) is 8.63. The van der Waals surface area contributed by atoms with Crippen molar-refractivity contribution in [3.05, 3.63) is 58.2 Å². The van der Waals surface area contributed by atoms with Gasteiger partial charge in [0.05, 0.1) is 5.69 Å². The largest absolute Gasteiger partial charge is 0.425 e. The molecule has 3 rings (SSSR count). The summed E-state index contributed by atoms with van der Waals surface area (Å²) >= 11 is 5.80. The number of hydrogen-bond donors (Lipinski definition) is 0. The Bertz CT molecular complexity index is 728. The number of benzene rings is 1. The maximum absolute atomic E-state index is 11.7. The second kappa shape index (κ2) is 3.75. The third kappa shape index (κ3) is 1.62. The van der Waals surface area contributed by atoms with Crippen LogP contribution in [0.5, 0.6) is 0 Å². The fourth-order valence-electron chi connectivity index (χ4n) is 1.67. The third-order valence-corrected chi connectivity index (χ3v) is 2.68. The predicted octanol–water partition coefficient (Wildman–Crippen LogP) is 2.63. The molecule has 2 heterocycles. The number of rotatable bonds is 1. The molecule has 0 saturated heterocycles. The highest BCUT2D eigenvalue weighted by molar-refractivity contribution is 6.30. The fourth-order valence-corrected chi connectivity index (χ4v) is 1.80. The van der Waals surface area contributed by atoms with E-state index in [-0.39, 0.29) is 0 Å². The first-order valence-corrected chi connectivity index (χ1v) is 5.36. The first kappa shape index (κ1) is 10.1. The SMILES string of the molecule is O=c1oc2cccnc2n1-c1ccc(Cl)cc1. The van der Waals surface area contributed by atoms with Gasteiger partial charge in [0.25, 0.3) is 0 Å². The summed E-state index contributed by atoms with van der Waals surface area (Å²) < 4.78 is 6.50. The molecule has 0 aliphatic rings. The van der Waals surface area contributed by atoms with Crippen molar-refractivity contribution in [2.24, 2.45) is 0 Å². The van der Waals surface area contributed by atoms with E-state index in [2.05, 4.69) is 4.98 Å². The molecular weight excluding hydrogens is 240 g/mol. The van der Waals surface area contributed by atoms with Gasteiger partial charge in [0.15, 0.2) is 11.2 Å². The lowest BCUT2D eigenvalue weighted by Gasteiger charge is -2.00. The van der Waals surface area contributed by atoms with Crippen molar-refractivity contribution in [2.75, 3.05) is 0 Å². The van der Waals surface area contributed by atoms with Crippen molar-refractivity contribution in [1.29, 1.82) is 0 Å². The summed E-state index contributed by atoms with van der Waals surface area (Å²) in [4.78, 5) is 15.9. The van der Waals surface area contributed by atoms with Crippen LogP contribution in [0.2, 0.25) is 5.02 Å². The first-order valence-electron chi connectivity index (χ1n) is 4.98. The molecule has 0 atom stereocenters.